The molecule has 0 aromatic carbocycles. The minimum atomic E-state index is 0.277. The van der Waals surface area contributed by atoms with Crippen LogP contribution in [0, 0.1) is 0 Å². The van der Waals surface area contributed by atoms with Crippen molar-refractivity contribution < 1.29 is 0 Å². The summed E-state index contributed by atoms with van der Waals surface area (Å²) in [6.45, 7) is 7.61. The lowest BCUT2D eigenvalue weighted by Gasteiger charge is -2.22. The zero-order chi connectivity index (χ0) is 13.4. The van der Waals surface area contributed by atoms with Gasteiger partial charge in [-0.15, -0.1) is 0 Å². The largest absolute Gasteiger partial charge is 0.304 e. The van der Waals surface area contributed by atoms with E-state index in [2.05, 4.69) is 45.1 Å². The molecule has 5 heteroatoms. The Bertz CT molecular complexity index is 324. The number of rotatable bonds is 8. The summed E-state index contributed by atoms with van der Waals surface area (Å²) in [5.74, 6) is 5.61. The molecule has 0 saturated carbocycles. The molecule has 0 amide bonds. The number of halogens is 1. The first-order chi connectivity index (χ1) is 8.69. The van der Waals surface area contributed by atoms with E-state index >= 15 is 0 Å². The molecule has 0 fully saturated rings. The molecule has 102 valence electrons. The van der Waals surface area contributed by atoms with Crippen molar-refractivity contribution in [2.45, 2.75) is 32.7 Å². The van der Waals surface area contributed by atoms with Crippen LogP contribution in [-0.2, 0) is 6.42 Å². The Morgan fingerprint density at radius 1 is 1.39 bits per heavy atom. The molecule has 0 aliphatic heterocycles. The smallest absolute Gasteiger partial charge is 0.0420 e. The van der Waals surface area contributed by atoms with Gasteiger partial charge < -0.3 is 4.90 Å². The van der Waals surface area contributed by atoms with E-state index in [-0.39, 0.29) is 6.04 Å². The van der Waals surface area contributed by atoms with Gasteiger partial charge in [0.2, 0.25) is 0 Å². The Morgan fingerprint density at radius 2 is 2.11 bits per heavy atom. The fraction of sp³-hybridized carbons (Fsp3) is 0.615. The zero-order valence-corrected chi connectivity index (χ0v) is 12.8. The van der Waals surface area contributed by atoms with Crippen LogP contribution in [0.1, 0.15) is 26.0 Å². The summed E-state index contributed by atoms with van der Waals surface area (Å²) < 4.78 is 1.01. The van der Waals surface area contributed by atoms with Gasteiger partial charge in [-0.2, -0.15) is 0 Å². The van der Waals surface area contributed by atoms with Crippen LogP contribution in [0.3, 0.4) is 0 Å². The fourth-order valence-electron chi connectivity index (χ4n) is 1.90. The third-order valence-electron chi connectivity index (χ3n) is 3.17. The molecule has 1 aromatic heterocycles. The third kappa shape index (κ3) is 5.44. The van der Waals surface area contributed by atoms with Gasteiger partial charge in [0.1, 0.15) is 0 Å². The van der Waals surface area contributed by atoms with E-state index in [1.807, 2.05) is 18.3 Å². The monoisotopic (exact) mass is 314 g/mol. The first-order valence-corrected chi connectivity index (χ1v) is 7.27. The SMILES string of the molecule is CCN(CC)CCC(Cc1ccc(Br)cn1)NN. The lowest BCUT2D eigenvalue weighted by atomic mass is 10.1. The number of hydrogen-bond acceptors (Lipinski definition) is 4. The maximum atomic E-state index is 5.61. The number of nitrogens with two attached hydrogens (primary N) is 1. The van der Waals surface area contributed by atoms with Crippen LogP contribution in [0.25, 0.3) is 0 Å². The van der Waals surface area contributed by atoms with Crippen molar-refractivity contribution >= 4 is 15.9 Å². The molecular weight excluding hydrogens is 292 g/mol. The lowest BCUT2D eigenvalue weighted by molar-refractivity contribution is 0.280. The predicted octanol–water partition coefficient (Wildman–Crippen LogP) is 1.95. The molecule has 3 N–H and O–H groups in total. The van der Waals surface area contributed by atoms with Gasteiger partial charge >= 0.3 is 0 Å². The topological polar surface area (TPSA) is 54.2 Å². The summed E-state index contributed by atoms with van der Waals surface area (Å²) in [7, 11) is 0. The van der Waals surface area contributed by atoms with Crippen LogP contribution in [0.5, 0.6) is 0 Å². The van der Waals surface area contributed by atoms with Crippen LogP contribution >= 0.6 is 15.9 Å². The summed E-state index contributed by atoms with van der Waals surface area (Å²) in [6, 6.07) is 4.32. The molecular formula is C13H23BrN4. The molecule has 1 rings (SSSR count). The summed E-state index contributed by atoms with van der Waals surface area (Å²) in [4.78, 5) is 6.78. The Hall–Kier alpha value is -0.490. The first-order valence-electron chi connectivity index (χ1n) is 6.48. The lowest BCUT2D eigenvalue weighted by Crippen LogP contribution is -2.40. The van der Waals surface area contributed by atoms with Gasteiger partial charge in [-0.25, -0.2) is 0 Å². The summed E-state index contributed by atoms with van der Waals surface area (Å²) in [5.41, 5.74) is 3.96. The molecule has 0 aliphatic rings. The molecule has 0 bridgehead atoms. The summed E-state index contributed by atoms with van der Waals surface area (Å²) in [5, 5.41) is 0. The van der Waals surface area contributed by atoms with E-state index in [0.717, 1.165) is 42.6 Å². The highest BCUT2D eigenvalue weighted by Gasteiger charge is 2.10. The minimum absolute atomic E-state index is 0.277. The molecule has 4 nitrogen and oxygen atoms in total. The highest BCUT2D eigenvalue weighted by Crippen LogP contribution is 2.09. The third-order valence-corrected chi connectivity index (χ3v) is 3.64. The average Bonchev–Trinajstić information content (AvgIpc) is 2.40. The van der Waals surface area contributed by atoms with Crippen LogP contribution in [0.4, 0.5) is 0 Å². The van der Waals surface area contributed by atoms with Crippen LogP contribution in [-0.4, -0.2) is 35.6 Å². The van der Waals surface area contributed by atoms with Gasteiger partial charge in [-0.1, -0.05) is 13.8 Å². The van der Waals surface area contributed by atoms with Crippen molar-refractivity contribution in [3.05, 3.63) is 28.5 Å². The molecule has 0 saturated heterocycles. The number of hydrogen-bond donors (Lipinski definition) is 2. The maximum absolute atomic E-state index is 5.61. The second kappa shape index (κ2) is 8.58. The van der Waals surface area contributed by atoms with E-state index in [1.165, 1.54) is 0 Å². The van der Waals surface area contributed by atoms with Gasteiger partial charge in [-0.3, -0.25) is 16.3 Å². The second-order valence-corrected chi connectivity index (χ2v) is 5.27. The molecule has 0 spiro atoms. The van der Waals surface area contributed by atoms with Crippen LogP contribution in [0.15, 0.2) is 22.8 Å². The Kier molecular flexibility index (Phi) is 7.42. The van der Waals surface area contributed by atoms with Crippen molar-refractivity contribution in [1.29, 1.82) is 0 Å². The molecule has 0 aliphatic carbocycles. The van der Waals surface area contributed by atoms with Gasteiger partial charge in [0, 0.05) is 28.8 Å². The number of pyridine rings is 1. The Balaban J connectivity index is 2.44. The number of aromatic nitrogens is 1. The number of nitrogens with zero attached hydrogens (tertiary/aromatic N) is 2. The quantitative estimate of drug-likeness (QED) is 0.569. The molecule has 0 radical (unpaired) electrons. The molecule has 1 unspecified atom stereocenters. The molecule has 1 atom stereocenters. The normalized spacial score (nSPS) is 12.9. The number of hydrazine groups is 1. The molecule has 18 heavy (non-hydrogen) atoms. The number of nitrogens with one attached hydrogen (secondary N) is 1. The fourth-order valence-corrected chi connectivity index (χ4v) is 2.14. The summed E-state index contributed by atoms with van der Waals surface area (Å²) in [6.07, 6.45) is 3.73. The Morgan fingerprint density at radius 3 is 2.61 bits per heavy atom. The van der Waals surface area contributed by atoms with Crippen molar-refractivity contribution in [3.8, 4) is 0 Å². The van der Waals surface area contributed by atoms with Crippen molar-refractivity contribution in [2.24, 2.45) is 5.84 Å². The van der Waals surface area contributed by atoms with Crippen LogP contribution < -0.4 is 11.3 Å². The molecule has 1 aromatic rings. The van der Waals surface area contributed by atoms with Gasteiger partial charge in [0.05, 0.1) is 0 Å². The highest BCUT2D eigenvalue weighted by atomic mass is 79.9. The van der Waals surface area contributed by atoms with Crippen molar-refractivity contribution in [1.82, 2.24) is 15.3 Å². The zero-order valence-electron chi connectivity index (χ0n) is 11.2. The van der Waals surface area contributed by atoms with Gasteiger partial charge in [-0.05, 0) is 54.1 Å². The predicted molar refractivity (Wildman–Crippen MR) is 79.2 cm³/mol. The van der Waals surface area contributed by atoms with E-state index in [0.29, 0.717) is 0 Å². The maximum Gasteiger partial charge on any atom is 0.0420 e. The van der Waals surface area contributed by atoms with Crippen LogP contribution in [0.2, 0.25) is 0 Å². The standard InChI is InChI=1S/C13H23BrN4/c1-3-18(4-2)8-7-13(17-15)9-12-6-5-11(14)10-16-12/h5-6,10,13,17H,3-4,7-9,15H2,1-2H3. The van der Waals surface area contributed by atoms with E-state index in [4.69, 9.17) is 5.84 Å². The minimum Gasteiger partial charge on any atom is -0.304 e. The van der Waals surface area contributed by atoms with E-state index < -0.39 is 0 Å². The highest BCUT2D eigenvalue weighted by molar-refractivity contribution is 9.10. The Labute approximate surface area is 118 Å². The van der Waals surface area contributed by atoms with Gasteiger partial charge in [0.25, 0.3) is 0 Å². The van der Waals surface area contributed by atoms with Crippen molar-refractivity contribution in [2.75, 3.05) is 19.6 Å². The average molecular weight is 315 g/mol. The van der Waals surface area contributed by atoms with E-state index in [1.54, 1.807) is 0 Å². The van der Waals surface area contributed by atoms with E-state index in [9.17, 15) is 0 Å². The summed E-state index contributed by atoms with van der Waals surface area (Å²) >= 11 is 3.39. The first kappa shape index (κ1) is 15.6. The molecule has 1 heterocycles. The second-order valence-electron chi connectivity index (χ2n) is 4.35. The van der Waals surface area contributed by atoms with Gasteiger partial charge in [0.15, 0.2) is 0 Å². The van der Waals surface area contributed by atoms with Crippen molar-refractivity contribution in [3.63, 3.8) is 0 Å².